The molecule has 0 amide bonds. The number of hydrogen-bond donors (Lipinski definition) is 1. The molecule has 0 bridgehead atoms. The van der Waals surface area contributed by atoms with Crippen molar-refractivity contribution in [1.29, 1.82) is 0 Å². The number of hydrogen-bond acceptors (Lipinski definition) is 1. The molecule has 0 unspecified atom stereocenters. The molecule has 0 aliphatic heterocycles. The molecule has 0 saturated heterocycles. The average Bonchev–Trinajstić information content (AvgIpc) is 2.00. The van der Waals surface area contributed by atoms with Gasteiger partial charge in [0.15, 0.2) is 11.4 Å². The number of aromatic amines is 1. The van der Waals surface area contributed by atoms with Crippen LogP contribution < -0.4 is 5.56 Å². The van der Waals surface area contributed by atoms with Crippen molar-refractivity contribution in [2.45, 2.75) is 12.6 Å². The SMILES string of the molecule is O=c1[nH]cc(C(F)F)c(F)c1C(F)(F)F. The van der Waals surface area contributed by atoms with E-state index in [9.17, 15) is 31.1 Å². The molecule has 8 heteroatoms. The van der Waals surface area contributed by atoms with Crippen LogP contribution in [0.1, 0.15) is 17.6 Å². The van der Waals surface area contributed by atoms with E-state index in [4.69, 9.17) is 0 Å². The fourth-order valence-corrected chi connectivity index (χ4v) is 0.935. The Bertz CT molecular complexity index is 420. The lowest BCUT2D eigenvalue weighted by Gasteiger charge is -2.09. The smallest absolute Gasteiger partial charge is 0.328 e. The first-order chi connectivity index (χ1) is 6.75. The maximum absolute atomic E-state index is 12.9. The van der Waals surface area contributed by atoms with E-state index in [0.717, 1.165) is 0 Å². The summed E-state index contributed by atoms with van der Waals surface area (Å²) >= 11 is 0. The van der Waals surface area contributed by atoms with Gasteiger partial charge in [-0.05, 0) is 0 Å². The molecule has 1 heterocycles. The quantitative estimate of drug-likeness (QED) is 0.740. The minimum atomic E-state index is -5.30. The Morgan fingerprint density at radius 1 is 1.27 bits per heavy atom. The van der Waals surface area contributed by atoms with Crippen LogP contribution in [-0.4, -0.2) is 4.98 Å². The van der Waals surface area contributed by atoms with Gasteiger partial charge in [0.25, 0.3) is 12.0 Å². The van der Waals surface area contributed by atoms with Crippen molar-refractivity contribution in [2.75, 3.05) is 0 Å². The summed E-state index contributed by atoms with van der Waals surface area (Å²) in [6.07, 6.45) is -8.51. The number of nitrogens with one attached hydrogen (secondary N) is 1. The Morgan fingerprint density at radius 3 is 2.20 bits per heavy atom. The predicted octanol–water partition coefficient (Wildman–Crippen LogP) is 2.47. The van der Waals surface area contributed by atoms with E-state index in [1.54, 1.807) is 0 Å². The van der Waals surface area contributed by atoms with Gasteiger partial charge in [-0.15, -0.1) is 0 Å². The molecule has 0 atom stereocenters. The van der Waals surface area contributed by atoms with E-state index in [0.29, 0.717) is 0 Å². The van der Waals surface area contributed by atoms with Crippen LogP contribution in [0.3, 0.4) is 0 Å². The fourth-order valence-electron chi connectivity index (χ4n) is 0.935. The van der Waals surface area contributed by atoms with Gasteiger partial charge in [0.1, 0.15) is 0 Å². The van der Waals surface area contributed by atoms with Crippen LogP contribution in [0.15, 0.2) is 11.0 Å². The van der Waals surface area contributed by atoms with Crippen molar-refractivity contribution in [2.24, 2.45) is 0 Å². The Morgan fingerprint density at radius 2 is 1.80 bits per heavy atom. The summed E-state index contributed by atoms with van der Waals surface area (Å²) in [5, 5.41) is 0. The highest BCUT2D eigenvalue weighted by molar-refractivity contribution is 5.24. The van der Waals surface area contributed by atoms with Gasteiger partial charge in [-0.25, -0.2) is 13.2 Å². The summed E-state index contributed by atoms with van der Waals surface area (Å²) in [4.78, 5) is 12.0. The predicted molar refractivity (Wildman–Crippen MR) is 37.0 cm³/mol. The second-order valence-electron chi connectivity index (χ2n) is 2.56. The third-order valence-electron chi connectivity index (χ3n) is 1.58. The van der Waals surface area contributed by atoms with Gasteiger partial charge >= 0.3 is 6.18 Å². The topological polar surface area (TPSA) is 32.9 Å². The van der Waals surface area contributed by atoms with Gasteiger partial charge in [-0.3, -0.25) is 4.79 Å². The van der Waals surface area contributed by atoms with Crippen molar-refractivity contribution in [3.8, 4) is 0 Å². The molecule has 0 fully saturated rings. The van der Waals surface area contributed by atoms with Crippen LogP contribution in [0.4, 0.5) is 26.3 Å². The van der Waals surface area contributed by atoms with E-state index in [1.165, 1.54) is 4.98 Å². The van der Waals surface area contributed by atoms with Crippen LogP contribution in [0, 0.1) is 5.82 Å². The highest BCUT2D eigenvalue weighted by Gasteiger charge is 2.39. The van der Waals surface area contributed by atoms with Gasteiger partial charge in [-0.1, -0.05) is 0 Å². The molecular weight excluding hydrogens is 228 g/mol. The standard InChI is InChI=1S/C7H3F6NO/c8-4-2(5(9)10)1-14-6(15)3(4)7(11,12)13/h1,5H,(H,14,15). The van der Waals surface area contributed by atoms with Gasteiger partial charge in [0, 0.05) is 6.20 Å². The second kappa shape index (κ2) is 3.59. The fraction of sp³-hybridized carbons (Fsp3) is 0.286. The summed E-state index contributed by atoms with van der Waals surface area (Å²) in [5.74, 6) is -2.23. The lowest BCUT2D eigenvalue weighted by Crippen LogP contribution is -2.24. The first-order valence-corrected chi connectivity index (χ1v) is 3.51. The first-order valence-electron chi connectivity index (χ1n) is 3.51. The highest BCUT2D eigenvalue weighted by atomic mass is 19.4. The molecule has 2 nitrogen and oxygen atoms in total. The molecule has 0 spiro atoms. The minimum absolute atomic E-state index is 0.220. The Kier molecular flexibility index (Phi) is 2.78. The third-order valence-corrected chi connectivity index (χ3v) is 1.58. The van der Waals surface area contributed by atoms with Gasteiger partial charge in [0.2, 0.25) is 0 Å². The highest BCUT2D eigenvalue weighted by Crippen LogP contribution is 2.31. The number of H-pyrrole nitrogens is 1. The normalized spacial score (nSPS) is 12.2. The van der Waals surface area contributed by atoms with Gasteiger partial charge in [0.05, 0.1) is 5.56 Å². The summed E-state index contributed by atoms with van der Waals surface area (Å²) < 4.78 is 73.0. The van der Waals surface area contributed by atoms with Crippen LogP contribution in [0.5, 0.6) is 0 Å². The first kappa shape index (κ1) is 11.6. The summed E-state index contributed by atoms with van der Waals surface area (Å²) in [6.45, 7) is 0. The van der Waals surface area contributed by atoms with Crippen molar-refractivity contribution in [1.82, 2.24) is 4.98 Å². The average molecular weight is 231 g/mol. The molecule has 0 aliphatic carbocycles. The van der Waals surface area contributed by atoms with Crippen molar-refractivity contribution < 1.29 is 26.3 Å². The number of aromatic nitrogens is 1. The summed E-state index contributed by atoms with van der Waals surface area (Å²) in [5.41, 5.74) is -5.51. The molecule has 1 N–H and O–H groups in total. The maximum atomic E-state index is 12.9. The molecule has 0 saturated carbocycles. The van der Waals surface area contributed by atoms with Gasteiger partial charge < -0.3 is 4.98 Å². The van der Waals surface area contributed by atoms with Crippen LogP contribution in [0.25, 0.3) is 0 Å². The number of pyridine rings is 1. The van der Waals surface area contributed by atoms with Crippen LogP contribution >= 0.6 is 0 Å². The zero-order chi connectivity index (χ0) is 11.8. The largest absolute Gasteiger partial charge is 0.424 e. The van der Waals surface area contributed by atoms with E-state index in [1.807, 2.05) is 0 Å². The maximum Gasteiger partial charge on any atom is 0.424 e. The minimum Gasteiger partial charge on any atom is -0.328 e. The van der Waals surface area contributed by atoms with Crippen LogP contribution in [0.2, 0.25) is 0 Å². The molecule has 0 aliphatic rings. The van der Waals surface area contributed by atoms with E-state index >= 15 is 0 Å². The molecule has 1 rings (SSSR count). The third kappa shape index (κ3) is 2.13. The Hall–Kier alpha value is -1.47. The zero-order valence-corrected chi connectivity index (χ0v) is 6.83. The molecule has 1 aromatic rings. The van der Waals surface area contributed by atoms with E-state index in [2.05, 4.69) is 0 Å². The molecule has 84 valence electrons. The van der Waals surface area contributed by atoms with Crippen molar-refractivity contribution in [3.63, 3.8) is 0 Å². The molecular formula is C7H3F6NO. The number of rotatable bonds is 1. The summed E-state index contributed by atoms with van der Waals surface area (Å²) in [7, 11) is 0. The van der Waals surface area contributed by atoms with Crippen molar-refractivity contribution >= 4 is 0 Å². The van der Waals surface area contributed by atoms with E-state index in [-0.39, 0.29) is 6.20 Å². The van der Waals surface area contributed by atoms with Gasteiger partial charge in [-0.2, -0.15) is 13.2 Å². The van der Waals surface area contributed by atoms with Crippen molar-refractivity contribution in [3.05, 3.63) is 33.5 Å². The molecule has 0 radical (unpaired) electrons. The zero-order valence-electron chi connectivity index (χ0n) is 6.83. The number of alkyl halides is 5. The summed E-state index contributed by atoms with van der Waals surface area (Å²) in [6, 6.07) is 0. The lowest BCUT2D eigenvalue weighted by molar-refractivity contribution is -0.141. The Balaban J connectivity index is 3.51. The Labute approximate surface area is 78.5 Å². The molecule has 15 heavy (non-hydrogen) atoms. The monoisotopic (exact) mass is 231 g/mol. The van der Waals surface area contributed by atoms with Crippen LogP contribution in [-0.2, 0) is 6.18 Å². The molecule has 1 aromatic heterocycles. The number of halogens is 6. The van der Waals surface area contributed by atoms with E-state index < -0.39 is 35.1 Å². The molecule has 0 aromatic carbocycles. The second-order valence-corrected chi connectivity index (χ2v) is 2.56. The lowest BCUT2D eigenvalue weighted by atomic mass is 10.2.